The molecule has 0 saturated heterocycles. The average Bonchev–Trinajstić information content (AvgIpc) is 3.02. The normalized spacial score (nSPS) is 13.9. The number of rotatable bonds is 4. The Hall–Kier alpha value is -2.22. The maximum absolute atomic E-state index is 5.43. The van der Waals surface area contributed by atoms with E-state index >= 15 is 0 Å². The van der Waals surface area contributed by atoms with Crippen molar-refractivity contribution in [3.8, 4) is 28.6 Å². The first-order valence-electron chi connectivity index (χ1n) is 7.86. The lowest BCUT2D eigenvalue weighted by atomic mass is 9.91. The lowest BCUT2D eigenvalue weighted by molar-refractivity contribution is 0.324. The number of ether oxygens (including phenoxy) is 3. The molecule has 1 aliphatic rings. The highest BCUT2D eigenvalue weighted by Gasteiger charge is 2.27. The monoisotopic (exact) mass is 362 g/mol. The number of benzene rings is 1. The molecule has 0 radical (unpaired) electrons. The van der Waals surface area contributed by atoms with E-state index < -0.39 is 0 Å². The van der Waals surface area contributed by atoms with E-state index in [-0.39, 0.29) is 5.41 Å². The van der Waals surface area contributed by atoms with Crippen LogP contribution in [0.5, 0.6) is 17.2 Å². The first kappa shape index (κ1) is 17.6. The fourth-order valence-electron chi connectivity index (χ4n) is 2.48. The van der Waals surface area contributed by atoms with Crippen molar-refractivity contribution in [1.82, 2.24) is 14.9 Å². The standard InChI is InChI=1S/C17H22N4O3S/c1-17(2,3)13-9-25-16-19-18-15(21(16)20-13)10-7-11(22-4)14(24-6)12(8-10)23-5/h7-8H,9H2,1-6H3. The van der Waals surface area contributed by atoms with Gasteiger partial charge in [-0.25, -0.2) is 0 Å². The van der Waals surface area contributed by atoms with Crippen LogP contribution in [0.4, 0.5) is 0 Å². The lowest BCUT2D eigenvalue weighted by Gasteiger charge is -2.24. The number of hydrogen-bond acceptors (Lipinski definition) is 7. The van der Waals surface area contributed by atoms with Gasteiger partial charge in [0, 0.05) is 16.7 Å². The topological polar surface area (TPSA) is 70.8 Å². The van der Waals surface area contributed by atoms with Crippen molar-refractivity contribution in [1.29, 1.82) is 0 Å². The molecule has 0 aliphatic carbocycles. The number of hydrogen-bond donors (Lipinski definition) is 0. The summed E-state index contributed by atoms with van der Waals surface area (Å²) in [4.78, 5) is 0. The summed E-state index contributed by atoms with van der Waals surface area (Å²) in [5.41, 5.74) is 1.88. The van der Waals surface area contributed by atoms with E-state index in [0.717, 1.165) is 22.2 Å². The first-order chi connectivity index (χ1) is 11.9. The van der Waals surface area contributed by atoms with Crippen molar-refractivity contribution in [2.24, 2.45) is 10.5 Å². The van der Waals surface area contributed by atoms with Crippen molar-refractivity contribution in [3.63, 3.8) is 0 Å². The Labute approximate surface area is 151 Å². The van der Waals surface area contributed by atoms with E-state index in [0.29, 0.717) is 23.1 Å². The molecule has 2 heterocycles. The number of thioether (sulfide) groups is 1. The minimum Gasteiger partial charge on any atom is -0.493 e. The van der Waals surface area contributed by atoms with Gasteiger partial charge in [-0.15, -0.1) is 10.2 Å². The molecular weight excluding hydrogens is 340 g/mol. The molecule has 134 valence electrons. The molecule has 0 unspecified atom stereocenters. The Morgan fingerprint density at radius 2 is 1.64 bits per heavy atom. The average molecular weight is 362 g/mol. The first-order valence-corrected chi connectivity index (χ1v) is 8.84. The summed E-state index contributed by atoms with van der Waals surface area (Å²) in [6, 6.07) is 3.70. The third kappa shape index (κ3) is 3.18. The number of nitrogens with zero attached hydrogens (tertiary/aromatic N) is 4. The summed E-state index contributed by atoms with van der Waals surface area (Å²) in [6.45, 7) is 6.46. The Morgan fingerprint density at radius 3 is 2.16 bits per heavy atom. The molecule has 1 aromatic heterocycles. The summed E-state index contributed by atoms with van der Waals surface area (Å²) < 4.78 is 18.0. The van der Waals surface area contributed by atoms with Gasteiger partial charge >= 0.3 is 0 Å². The highest BCUT2D eigenvalue weighted by Crippen LogP contribution is 2.41. The smallest absolute Gasteiger partial charge is 0.212 e. The van der Waals surface area contributed by atoms with Crippen LogP contribution in [-0.4, -0.2) is 47.7 Å². The maximum atomic E-state index is 5.43. The Balaban J connectivity index is 2.14. The summed E-state index contributed by atoms with van der Waals surface area (Å²) in [6.07, 6.45) is 0. The minimum atomic E-state index is -0.0124. The van der Waals surface area contributed by atoms with E-state index in [4.69, 9.17) is 19.3 Å². The minimum absolute atomic E-state index is 0.0124. The summed E-state index contributed by atoms with van der Waals surface area (Å²) in [7, 11) is 4.76. The molecule has 25 heavy (non-hydrogen) atoms. The van der Waals surface area contributed by atoms with E-state index in [1.54, 1.807) is 37.8 Å². The number of aromatic nitrogens is 3. The second-order valence-electron chi connectivity index (χ2n) is 6.62. The number of fused-ring (bicyclic) bond motifs is 1. The van der Waals surface area contributed by atoms with Crippen LogP contribution in [0.1, 0.15) is 20.8 Å². The third-order valence-corrected chi connectivity index (χ3v) is 4.89. The Kier molecular flexibility index (Phi) is 4.64. The van der Waals surface area contributed by atoms with Crippen LogP contribution in [0, 0.1) is 5.41 Å². The van der Waals surface area contributed by atoms with Gasteiger partial charge in [-0.3, -0.25) is 0 Å². The predicted octanol–water partition coefficient (Wildman–Crippen LogP) is 3.33. The molecular formula is C17H22N4O3S. The number of methoxy groups -OCH3 is 3. The van der Waals surface area contributed by atoms with Gasteiger partial charge in [0.1, 0.15) is 0 Å². The molecule has 0 atom stereocenters. The zero-order valence-corrected chi connectivity index (χ0v) is 16.1. The fourth-order valence-corrected chi connectivity index (χ4v) is 3.59. The molecule has 2 aromatic rings. The SMILES string of the molecule is COc1cc(-c2nnc3n2N=C(C(C)(C)C)CS3)cc(OC)c1OC. The van der Waals surface area contributed by atoms with Crippen molar-refractivity contribution in [2.45, 2.75) is 25.9 Å². The van der Waals surface area contributed by atoms with Gasteiger partial charge in [0.25, 0.3) is 0 Å². The molecule has 3 rings (SSSR count). The maximum Gasteiger partial charge on any atom is 0.212 e. The zero-order chi connectivity index (χ0) is 18.2. The molecule has 0 N–H and O–H groups in total. The van der Waals surface area contributed by atoms with Crippen LogP contribution < -0.4 is 14.2 Å². The van der Waals surface area contributed by atoms with Crippen LogP contribution in [0.25, 0.3) is 11.4 Å². The van der Waals surface area contributed by atoms with Crippen LogP contribution in [-0.2, 0) is 0 Å². The summed E-state index contributed by atoms with van der Waals surface area (Å²) in [5.74, 6) is 3.13. The van der Waals surface area contributed by atoms with Crippen molar-refractivity contribution >= 4 is 17.5 Å². The second-order valence-corrected chi connectivity index (χ2v) is 7.56. The van der Waals surface area contributed by atoms with Gasteiger partial charge in [-0.2, -0.15) is 9.78 Å². The molecule has 0 saturated carbocycles. The summed E-state index contributed by atoms with van der Waals surface area (Å²) in [5, 5.41) is 14.1. The van der Waals surface area contributed by atoms with Crippen LogP contribution >= 0.6 is 11.8 Å². The molecule has 1 aliphatic heterocycles. The Morgan fingerprint density at radius 1 is 1.00 bits per heavy atom. The highest BCUT2D eigenvalue weighted by atomic mass is 32.2. The molecule has 7 nitrogen and oxygen atoms in total. The van der Waals surface area contributed by atoms with Crippen molar-refractivity contribution in [3.05, 3.63) is 12.1 Å². The fraction of sp³-hybridized carbons (Fsp3) is 0.471. The molecule has 8 heteroatoms. The molecule has 1 aromatic carbocycles. The van der Waals surface area contributed by atoms with E-state index in [2.05, 4.69) is 31.0 Å². The zero-order valence-electron chi connectivity index (χ0n) is 15.3. The van der Waals surface area contributed by atoms with Crippen LogP contribution in [0.15, 0.2) is 22.4 Å². The molecule has 0 amide bonds. The molecule has 0 spiro atoms. The van der Waals surface area contributed by atoms with Gasteiger partial charge in [0.15, 0.2) is 17.3 Å². The van der Waals surface area contributed by atoms with Crippen molar-refractivity contribution in [2.75, 3.05) is 27.1 Å². The predicted molar refractivity (Wildman–Crippen MR) is 98.1 cm³/mol. The van der Waals surface area contributed by atoms with Crippen LogP contribution in [0.2, 0.25) is 0 Å². The van der Waals surface area contributed by atoms with E-state index in [9.17, 15) is 0 Å². The molecule has 0 fully saturated rings. The van der Waals surface area contributed by atoms with E-state index in [1.165, 1.54) is 0 Å². The highest BCUT2D eigenvalue weighted by molar-refractivity contribution is 7.99. The van der Waals surface area contributed by atoms with Gasteiger partial charge in [-0.1, -0.05) is 32.5 Å². The molecule has 0 bridgehead atoms. The lowest BCUT2D eigenvalue weighted by Crippen LogP contribution is -2.26. The van der Waals surface area contributed by atoms with E-state index in [1.807, 2.05) is 12.1 Å². The second kappa shape index (κ2) is 6.59. The van der Waals surface area contributed by atoms with Gasteiger partial charge in [0.05, 0.1) is 27.0 Å². The van der Waals surface area contributed by atoms with Gasteiger partial charge < -0.3 is 14.2 Å². The Bertz CT molecular complexity index is 799. The van der Waals surface area contributed by atoms with Crippen LogP contribution in [0.3, 0.4) is 0 Å². The third-order valence-electron chi connectivity index (χ3n) is 3.96. The summed E-state index contributed by atoms with van der Waals surface area (Å²) >= 11 is 1.64. The van der Waals surface area contributed by atoms with Gasteiger partial charge in [-0.05, 0) is 12.1 Å². The quantitative estimate of drug-likeness (QED) is 0.831. The van der Waals surface area contributed by atoms with Gasteiger partial charge in [0.2, 0.25) is 10.9 Å². The largest absolute Gasteiger partial charge is 0.493 e. The van der Waals surface area contributed by atoms with Crippen molar-refractivity contribution < 1.29 is 14.2 Å².